The van der Waals surface area contributed by atoms with Gasteiger partial charge in [0.25, 0.3) is 0 Å². The van der Waals surface area contributed by atoms with Crippen LogP contribution in [0.2, 0.25) is 0 Å². The molecule has 6 nitrogen and oxygen atoms in total. The number of carbonyl (C=O) groups excluding carboxylic acids is 3. The van der Waals surface area contributed by atoms with Crippen LogP contribution in [-0.4, -0.2) is 55.6 Å². The van der Waals surface area contributed by atoms with Crippen LogP contribution in [0.25, 0.3) is 0 Å². The molecule has 2 amide bonds. The summed E-state index contributed by atoms with van der Waals surface area (Å²) >= 11 is 2.71. The Hall–Kier alpha value is -2.45. The van der Waals surface area contributed by atoms with Gasteiger partial charge in [0.1, 0.15) is 6.04 Å². The fourth-order valence-electron chi connectivity index (χ4n) is 2.79. The fourth-order valence-corrected chi connectivity index (χ4v) is 4.66. The van der Waals surface area contributed by atoms with Crippen molar-refractivity contribution in [1.29, 1.82) is 0 Å². The van der Waals surface area contributed by atoms with Crippen molar-refractivity contribution in [2.24, 2.45) is 5.92 Å². The lowest BCUT2D eigenvalue weighted by Crippen LogP contribution is -2.49. The molecule has 2 atom stereocenters. The van der Waals surface area contributed by atoms with Crippen molar-refractivity contribution in [2.75, 3.05) is 37.5 Å². The molecule has 2 aromatic rings. The van der Waals surface area contributed by atoms with Crippen LogP contribution < -0.4 is 15.5 Å². The second-order valence-electron chi connectivity index (χ2n) is 7.62. The van der Waals surface area contributed by atoms with Crippen LogP contribution in [-0.2, 0) is 15.3 Å². The van der Waals surface area contributed by atoms with Crippen molar-refractivity contribution < 1.29 is 14.4 Å². The summed E-state index contributed by atoms with van der Waals surface area (Å²) in [4.78, 5) is 39.2. The van der Waals surface area contributed by atoms with Gasteiger partial charge in [0.15, 0.2) is 0 Å². The van der Waals surface area contributed by atoms with E-state index in [0.717, 1.165) is 28.8 Å². The van der Waals surface area contributed by atoms with Crippen LogP contribution in [0.1, 0.15) is 22.8 Å². The molecule has 0 spiro atoms. The molecule has 0 bridgehead atoms. The van der Waals surface area contributed by atoms with E-state index in [0.29, 0.717) is 17.1 Å². The summed E-state index contributed by atoms with van der Waals surface area (Å²) < 4.78 is 0. The van der Waals surface area contributed by atoms with E-state index < -0.39 is 12.0 Å². The van der Waals surface area contributed by atoms with Gasteiger partial charge < -0.3 is 15.5 Å². The molecular weight excluding hydrogens is 442 g/mol. The van der Waals surface area contributed by atoms with Crippen molar-refractivity contribution in [3.63, 3.8) is 0 Å². The molecule has 0 aliphatic rings. The summed E-state index contributed by atoms with van der Waals surface area (Å²) in [5, 5.41) is 5.39. The molecule has 0 saturated carbocycles. The molecule has 2 N–H and O–H groups in total. The Bertz CT molecular complexity index is 889. The smallest absolute Gasteiger partial charge is 0.243 e. The molecule has 0 saturated heterocycles. The molecule has 0 aliphatic heterocycles. The Kier molecular flexibility index (Phi) is 10.6. The van der Waals surface area contributed by atoms with Gasteiger partial charge in [-0.15, -0.1) is 0 Å². The highest BCUT2D eigenvalue weighted by molar-refractivity contribution is 8.14. The Morgan fingerprint density at radius 1 is 0.938 bits per heavy atom. The quantitative estimate of drug-likeness (QED) is 0.521. The second-order valence-corrected chi connectivity index (χ2v) is 9.64. The van der Waals surface area contributed by atoms with Crippen LogP contribution >= 0.6 is 23.5 Å². The molecule has 1 unspecified atom stereocenters. The second kappa shape index (κ2) is 13.2. The zero-order chi connectivity index (χ0) is 23.5. The van der Waals surface area contributed by atoms with Crippen LogP contribution in [0.3, 0.4) is 0 Å². The minimum atomic E-state index is -0.629. The van der Waals surface area contributed by atoms with E-state index in [9.17, 15) is 14.4 Å². The summed E-state index contributed by atoms with van der Waals surface area (Å²) in [6.07, 6.45) is 0. The van der Waals surface area contributed by atoms with Crippen LogP contribution in [0.15, 0.2) is 54.6 Å². The molecule has 32 heavy (non-hydrogen) atoms. The SMILES string of the molecule is CNC(=O)[C@@H](CSCc1ccc(N(C)C)cc1)NC(=O)C(C)CSC(=O)c1ccccc1. The lowest BCUT2D eigenvalue weighted by atomic mass is 10.2. The Balaban J connectivity index is 1.84. The zero-order valence-electron chi connectivity index (χ0n) is 19.0. The number of rotatable bonds is 11. The maximum Gasteiger partial charge on any atom is 0.243 e. The zero-order valence-corrected chi connectivity index (χ0v) is 20.6. The standard InChI is InChI=1S/C24H31N3O3S2/c1-17(14-32-24(30)19-8-6-5-7-9-19)22(28)26-21(23(29)25-2)16-31-15-18-10-12-20(13-11-18)27(3)4/h5-13,17,21H,14-16H2,1-4H3,(H,25,29)(H,26,28)/t17?,21-/m1/s1. The van der Waals surface area contributed by atoms with Gasteiger partial charge in [-0.1, -0.05) is 61.2 Å². The van der Waals surface area contributed by atoms with E-state index >= 15 is 0 Å². The first kappa shape index (κ1) is 25.8. The predicted octanol–water partition coefficient (Wildman–Crippen LogP) is 3.43. The van der Waals surface area contributed by atoms with E-state index in [1.807, 2.05) is 37.2 Å². The van der Waals surface area contributed by atoms with Crippen molar-refractivity contribution in [3.8, 4) is 0 Å². The van der Waals surface area contributed by atoms with Crippen molar-refractivity contribution in [3.05, 3.63) is 65.7 Å². The Morgan fingerprint density at radius 2 is 1.59 bits per heavy atom. The van der Waals surface area contributed by atoms with Gasteiger partial charge in [0, 0.05) is 55.6 Å². The lowest BCUT2D eigenvalue weighted by molar-refractivity contribution is -0.129. The summed E-state index contributed by atoms with van der Waals surface area (Å²) in [5.41, 5.74) is 2.90. The average molecular weight is 474 g/mol. The summed E-state index contributed by atoms with van der Waals surface area (Å²) in [7, 11) is 5.55. The molecule has 0 fully saturated rings. The Morgan fingerprint density at radius 3 is 2.19 bits per heavy atom. The minimum absolute atomic E-state index is 0.0658. The highest BCUT2D eigenvalue weighted by atomic mass is 32.2. The lowest BCUT2D eigenvalue weighted by Gasteiger charge is -2.19. The minimum Gasteiger partial charge on any atom is -0.378 e. The normalized spacial score (nSPS) is 12.5. The van der Waals surface area contributed by atoms with Gasteiger partial charge in [0.05, 0.1) is 0 Å². The summed E-state index contributed by atoms with van der Waals surface area (Å²) in [6, 6.07) is 16.6. The highest BCUT2D eigenvalue weighted by Gasteiger charge is 2.23. The van der Waals surface area contributed by atoms with Gasteiger partial charge >= 0.3 is 0 Å². The maximum atomic E-state index is 12.6. The van der Waals surface area contributed by atoms with Gasteiger partial charge in [-0.05, 0) is 17.7 Å². The molecule has 0 radical (unpaired) electrons. The average Bonchev–Trinajstić information content (AvgIpc) is 2.81. The molecule has 0 aromatic heterocycles. The maximum absolute atomic E-state index is 12.6. The number of likely N-dealkylation sites (N-methyl/N-ethyl adjacent to an activating group) is 1. The van der Waals surface area contributed by atoms with Crippen LogP contribution in [0.4, 0.5) is 5.69 Å². The van der Waals surface area contributed by atoms with Crippen molar-refractivity contribution >= 4 is 46.1 Å². The van der Waals surface area contributed by atoms with Gasteiger partial charge in [-0.2, -0.15) is 11.8 Å². The number of carbonyl (C=O) groups is 3. The summed E-state index contributed by atoms with van der Waals surface area (Å²) in [6.45, 7) is 1.76. The number of benzene rings is 2. The van der Waals surface area contributed by atoms with Crippen LogP contribution in [0.5, 0.6) is 0 Å². The van der Waals surface area contributed by atoms with Gasteiger partial charge in [0.2, 0.25) is 16.9 Å². The number of hydrogen-bond donors (Lipinski definition) is 2. The van der Waals surface area contributed by atoms with Gasteiger partial charge in [-0.3, -0.25) is 14.4 Å². The third kappa shape index (κ3) is 8.24. The van der Waals surface area contributed by atoms with E-state index in [4.69, 9.17) is 0 Å². The van der Waals surface area contributed by atoms with Crippen molar-refractivity contribution in [1.82, 2.24) is 10.6 Å². The predicted molar refractivity (Wildman–Crippen MR) is 135 cm³/mol. The number of hydrogen-bond acceptors (Lipinski definition) is 6. The van der Waals surface area contributed by atoms with E-state index in [1.165, 1.54) is 0 Å². The molecule has 8 heteroatoms. The summed E-state index contributed by atoms with van der Waals surface area (Å²) in [5.74, 6) is 0.698. The van der Waals surface area contributed by atoms with Crippen LogP contribution in [0, 0.1) is 5.92 Å². The molecular formula is C24H31N3O3S2. The third-order valence-electron chi connectivity index (χ3n) is 4.81. The number of thioether (sulfide) groups is 2. The molecule has 0 aliphatic carbocycles. The third-order valence-corrected chi connectivity index (χ3v) is 7.08. The Labute approximate surface area is 198 Å². The first-order valence-electron chi connectivity index (χ1n) is 10.4. The molecule has 0 heterocycles. The monoisotopic (exact) mass is 473 g/mol. The van der Waals surface area contributed by atoms with E-state index in [-0.39, 0.29) is 16.9 Å². The van der Waals surface area contributed by atoms with E-state index in [1.54, 1.807) is 37.9 Å². The largest absolute Gasteiger partial charge is 0.378 e. The first-order valence-corrected chi connectivity index (χ1v) is 12.5. The molecule has 2 rings (SSSR count). The number of nitrogens with one attached hydrogen (secondary N) is 2. The van der Waals surface area contributed by atoms with E-state index in [2.05, 4.69) is 34.9 Å². The number of nitrogens with zero attached hydrogens (tertiary/aromatic N) is 1. The number of amides is 2. The van der Waals surface area contributed by atoms with Crippen molar-refractivity contribution in [2.45, 2.75) is 18.7 Å². The highest BCUT2D eigenvalue weighted by Crippen LogP contribution is 2.19. The topological polar surface area (TPSA) is 78.5 Å². The fraction of sp³-hybridized carbons (Fsp3) is 0.375. The molecule has 2 aromatic carbocycles. The van der Waals surface area contributed by atoms with Gasteiger partial charge in [-0.25, -0.2) is 0 Å². The molecule has 172 valence electrons. The first-order chi connectivity index (χ1) is 15.3. The number of anilines is 1.